The second kappa shape index (κ2) is 2.65. The Morgan fingerprint density at radius 3 is 2.55 bits per heavy atom. The maximum Gasteiger partial charge on any atom is 0.299 e. The van der Waals surface area contributed by atoms with Crippen molar-refractivity contribution < 1.29 is 22.5 Å². The molecule has 2 N–H and O–H groups in total. The van der Waals surface area contributed by atoms with Gasteiger partial charge >= 0.3 is 0 Å². The lowest BCUT2D eigenvalue weighted by molar-refractivity contribution is 0.209. The lowest BCUT2D eigenvalue weighted by Crippen LogP contribution is -2.09. The van der Waals surface area contributed by atoms with Crippen LogP contribution < -0.4 is 0 Å². The Morgan fingerprint density at radius 2 is 2.18 bits per heavy atom. The highest BCUT2D eigenvalue weighted by Crippen LogP contribution is 2.17. The Balaban J connectivity index is 2.97. The summed E-state index contributed by atoms with van der Waals surface area (Å²) >= 11 is 0. The van der Waals surface area contributed by atoms with Crippen LogP contribution in [0.3, 0.4) is 0 Å². The van der Waals surface area contributed by atoms with Crippen molar-refractivity contribution in [2.75, 3.05) is 0 Å². The van der Waals surface area contributed by atoms with Gasteiger partial charge in [-0.25, -0.2) is 0 Å². The third kappa shape index (κ3) is 1.79. The second-order valence-corrected chi connectivity index (χ2v) is 3.36. The Hall–Kier alpha value is -0.850. The number of hydrogen-bond donors (Lipinski definition) is 2. The molecule has 1 rings (SSSR count). The van der Waals surface area contributed by atoms with Gasteiger partial charge in [-0.3, -0.25) is 4.55 Å². The first-order valence-electron chi connectivity index (χ1n) is 2.69. The number of aliphatic hydroxyl groups excluding tert-OH is 1. The molecule has 62 valence electrons. The molecule has 0 unspecified atom stereocenters. The van der Waals surface area contributed by atoms with Crippen LogP contribution in [0.4, 0.5) is 0 Å². The van der Waals surface area contributed by atoms with Gasteiger partial charge in [-0.15, -0.1) is 0 Å². The highest BCUT2D eigenvalue weighted by atomic mass is 32.2. The predicted molar refractivity (Wildman–Crippen MR) is 35.2 cm³/mol. The zero-order valence-corrected chi connectivity index (χ0v) is 6.15. The molecule has 0 aliphatic carbocycles. The van der Waals surface area contributed by atoms with Crippen LogP contribution in [0.15, 0.2) is 22.8 Å². The SMILES string of the molecule is O=S(=O)(O)[C@@H](O)c1ccco1. The summed E-state index contributed by atoms with van der Waals surface area (Å²) in [5, 5.41) is 8.81. The lowest BCUT2D eigenvalue weighted by atomic mass is 10.5. The molecule has 1 aromatic heterocycles. The van der Waals surface area contributed by atoms with Gasteiger partial charge in [-0.2, -0.15) is 8.42 Å². The van der Waals surface area contributed by atoms with Gasteiger partial charge in [0, 0.05) is 0 Å². The molecule has 0 saturated carbocycles. The molecule has 0 fully saturated rings. The third-order valence-electron chi connectivity index (χ3n) is 1.07. The quantitative estimate of drug-likeness (QED) is 0.630. The standard InChI is InChI=1S/C5H6O5S/c6-5(11(7,8)9)4-2-1-3-10-4/h1-3,5-6H,(H,7,8,9)/t5-/m1/s1. The van der Waals surface area contributed by atoms with Gasteiger partial charge in [0.2, 0.25) is 5.44 Å². The van der Waals surface area contributed by atoms with Gasteiger partial charge < -0.3 is 9.52 Å². The molecule has 0 saturated heterocycles. The van der Waals surface area contributed by atoms with Crippen LogP contribution in [0.25, 0.3) is 0 Å². The van der Waals surface area contributed by atoms with Crippen LogP contribution in [0.1, 0.15) is 11.2 Å². The van der Waals surface area contributed by atoms with E-state index in [1.54, 1.807) is 0 Å². The van der Waals surface area contributed by atoms with Crippen molar-refractivity contribution in [2.24, 2.45) is 0 Å². The maximum atomic E-state index is 10.3. The number of furan rings is 1. The van der Waals surface area contributed by atoms with Gasteiger partial charge in [-0.1, -0.05) is 0 Å². The van der Waals surface area contributed by atoms with E-state index in [9.17, 15) is 8.42 Å². The average molecular weight is 178 g/mol. The van der Waals surface area contributed by atoms with E-state index in [1.807, 2.05) is 0 Å². The molecule has 1 heterocycles. The normalized spacial score (nSPS) is 14.7. The summed E-state index contributed by atoms with van der Waals surface area (Å²) in [6.45, 7) is 0. The van der Waals surface area contributed by atoms with Gasteiger partial charge in [-0.05, 0) is 12.1 Å². The van der Waals surface area contributed by atoms with E-state index >= 15 is 0 Å². The van der Waals surface area contributed by atoms with Gasteiger partial charge in [0.15, 0.2) is 0 Å². The maximum absolute atomic E-state index is 10.3. The summed E-state index contributed by atoms with van der Waals surface area (Å²) < 4.78 is 33.4. The summed E-state index contributed by atoms with van der Waals surface area (Å²) in [5.74, 6) is -0.201. The average Bonchev–Trinajstić information content (AvgIpc) is 2.34. The van der Waals surface area contributed by atoms with E-state index in [-0.39, 0.29) is 5.76 Å². The number of hydrogen-bond acceptors (Lipinski definition) is 4. The Bertz CT molecular complexity index is 311. The first kappa shape index (κ1) is 8.25. The van der Waals surface area contributed by atoms with Crippen molar-refractivity contribution in [3.63, 3.8) is 0 Å². The topological polar surface area (TPSA) is 87.7 Å². The fourth-order valence-corrected chi connectivity index (χ4v) is 1.01. The highest BCUT2D eigenvalue weighted by molar-refractivity contribution is 7.85. The molecule has 0 radical (unpaired) electrons. The van der Waals surface area contributed by atoms with Crippen LogP contribution in [0.5, 0.6) is 0 Å². The van der Waals surface area contributed by atoms with Crippen molar-refractivity contribution in [3.05, 3.63) is 24.2 Å². The molecule has 0 aliphatic rings. The zero-order chi connectivity index (χ0) is 8.48. The van der Waals surface area contributed by atoms with E-state index < -0.39 is 15.6 Å². The minimum absolute atomic E-state index is 0.201. The molecular formula is C5H6O5S. The summed E-state index contributed by atoms with van der Waals surface area (Å²) in [6.07, 6.45) is 1.20. The van der Waals surface area contributed by atoms with Crippen LogP contribution >= 0.6 is 0 Å². The van der Waals surface area contributed by atoms with Gasteiger partial charge in [0.1, 0.15) is 5.76 Å². The van der Waals surface area contributed by atoms with Crippen molar-refractivity contribution in [2.45, 2.75) is 5.44 Å². The smallest absolute Gasteiger partial charge is 0.299 e. The Morgan fingerprint density at radius 1 is 1.55 bits per heavy atom. The zero-order valence-electron chi connectivity index (χ0n) is 5.34. The molecule has 0 amide bonds. The fourth-order valence-electron chi connectivity index (χ4n) is 0.579. The van der Waals surface area contributed by atoms with Gasteiger partial charge in [0.25, 0.3) is 10.1 Å². The molecule has 0 spiro atoms. The predicted octanol–water partition coefficient (Wildman–Crippen LogP) is 0.158. The summed E-state index contributed by atoms with van der Waals surface area (Å²) in [5.41, 5.74) is -1.99. The first-order valence-corrected chi connectivity index (χ1v) is 4.20. The second-order valence-electron chi connectivity index (χ2n) is 1.88. The molecule has 0 aromatic carbocycles. The lowest BCUT2D eigenvalue weighted by Gasteiger charge is -2.01. The number of rotatable bonds is 2. The third-order valence-corrected chi connectivity index (χ3v) is 1.87. The molecule has 5 nitrogen and oxygen atoms in total. The van der Waals surface area contributed by atoms with Crippen LogP contribution in [0.2, 0.25) is 0 Å². The minimum Gasteiger partial charge on any atom is -0.465 e. The summed E-state index contributed by atoms with van der Waals surface area (Å²) in [4.78, 5) is 0. The van der Waals surface area contributed by atoms with E-state index in [4.69, 9.17) is 9.66 Å². The summed E-state index contributed by atoms with van der Waals surface area (Å²) in [7, 11) is -4.46. The van der Waals surface area contributed by atoms with E-state index in [1.165, 1.54) is 18.4 Å². The molecule has 1 atom stereocenters. The molecular weight excluding hydrogens is 172 g/mol. The van der Waals surface area contributed by atoms with Crippen LogP contribution in [-0.4, -0.2) is 18.1 Å². The van der Waals surface area contributed by atoms with Crippen LogP contribution in [-0.2, 0) is 10.1 Å². The minimum atomic E-state index is -4.46. The van der Waals surface area contributed by atoms with E-state index in [0.717, 1.165) is 0 Å². The number of aliphatic hydroxyl groups is 1. The molecule has 0 bridgehead atoms. The van der Waals surface area contributed by atoms with Gasteiger partial charge in [0.05, 0.1) is 6.26 Å². The Kier molecular flexibility index (Phi) is 1.99. The van der Waals surface area contributed by atoms with E-state index in [0.29, 0.717) is 0 Å². The molecule has 1 aromatic rings. The molecule has 6 heteroatoms. The monoisotopic (exact) mass is 178 g/mol. The summed E-state index contributed by atoms with van der Waals surface area (Å²) in [6, 6.07) is 2.65. The fraction of sp³-hybridized carbons (Fsp3) is 0.200. The van der Waals surface area contributed by atoms with Crippen molar-refractivity contribution in [1.82, 2.24) is 0 Å². The van der Waals surface area contributed by atoms with E-state index in [2.05, 4.69) is 4.42 Å². The highest BCUT2D eigenvalue weighted by Gasteiger charge is 2.23. The largest absolute Gasteiger partial charge is 0.465 e. The van der Waals surface area contributed by atoms with Crippen molar-refractivity contribution in [1.29, 1.82) is 0 Å². The van der Waals surface area contributed by atoms with Crippen molar-refractivity contribution in [3.8, 4) is 0 Å². The molecule has 0 aliphatic heterocycles. The first-order chi connectivity index (χ1) is 5.02. The van der Waals surface area contributed by atoms with Crippen molar-refractivity contribution >= 4 is 10.1 Å². The van der Waals surface area contributed by atoms with Crippen LogP contribution in [0, 0.1) is 0 Å². The molecule has 11 heavy (non-hydrogen) atoms. The Labute approximate surface area is 63.0 Å².